The summed E-state index contributed by atoms with van der Waals surface area (Å²) in [6.45, 7) is 1.23. The van der Waals surface area contributed by atoms with Gasteiger partial charge in [0.2, 0.25) is 0 Å². The lowest BCUT2D eigenvalue weighted by molar-refractivity contribution is -0.162. The Kier molecular flexibility index (Phi) is 6.67. The van der Waals surface area contributed by atoms with Crippen molar-refractivity contribution in [1.82, 2.24) is 0 Å². The Bertz CT molecular complexity index is 828. The van der Waals surface area contributed by atoms with Gasteiger partial charge in [-0.25, -0.2) is 9.59 Å². The summed E-state index contributed by atoms with van der Waals surface area (Å²) in [7, 11) is -5.99. The summed E-state index contributed by atoms with van der Waals surface area (Å²) in [5, 5.41) is -5.14. The maximum absolute atomic E-state index is 13.0. The second kappa shape index (κ2) is 8.00. The lowest BCUT2D eigenvalue weighted by Crippen LogP contribution is -2.38. The largest absolute Gasteiger partial charge is 0.465 e. The molecule has 0 aliphatic heterocycles. The van der Waals surface area contributed by atoms with E-state index in [9.17, 15) is 40.0 Å². The molecule has 0 aliphatic carbocycles. The van der Waals surface area contributed by atoms with Crippen LogP contribution in [-0.2, 0) is 42.4 Å². The van der Waals surface area contributed by atoms with Crippen molar-refractivity contribution in [1.29, 1.82) is 0 Å². The smallest absolute Gasteiger partial charge is 0.457 e. The molecule has 27 heavy (non-hydrogen) atoms. The van der Waals surface area contributed by atoms with Crippen molar-refractivity contribution in [2.24, 2.45) is 0 Å². The van der Waals surface area contributed by atoms with E-state index in [1.165, 1.54) is 24.3 Å². The summed E-state index contributed by atoms with van der Waals surface area (Å²) in [6, 6.07) is 4.85. The number of carbonyl (C=O) groups is 2. The van der Waals surface area contributed by atoms with Crippen molar-refractivity contribution in [3.05, 3.63) is 47.5 Å². The van der Waals surface area contributed by atoms with Gasteiger partial charge in [0.05, 0.1) is 0 Å². The molecule has 1 rings (SSSR count). The standard InChI is InChI=1S/C14H11F5O7S/c1-8(13(15,16)17)11(20)25-6-9-2-4-10(5-3-9)7-26-12(21)14(18,19)27(22,23)24/h2-5H,1,6-7H2,(H,22,23,24). The second-order valence-corrected chi connectivity index (χ2v) is 6.40. The molecule has 0 bridgehead atoms. The Morgan fingerprint density at radius 1 is 0.963 bits per heavy atom. The van der Waals surface area contributed by atoms with Crippen molar-refractivity contribution in [2.75, 3.05) is 0 Å². The number of hydrogen-bond acceptors (Lipinski definition) is 6. The summed E-state index contributed by atoms with van der Waals surface area (Å²) in [5.41, 5.74) is -1.37. The van der Waals surface area contributed by atoms with E-state index in [0.29, 0.717) is 0 Å². The molecule has 0 saturated heterocycles. The van der Waals surface area contributed by atoms with E-state index >= 15 is 0 Å². The average molecular weight is 418 g/mol. The molecule has 0 heterocycles. The maximum Gasteiger partial charge on any atom is 0.465 e. The van der Waals surface area contributed by atoms with E-state index in [2.05, 4.69) is 16.1 Å². The van der Waals surface area contributed by atoms with Gasteiger partial charge in [-0.2, -0.15) is 30.4 Å². The van der Waals surface area contributed by atoms with Crippen molar-refractivity contribution < 1.29 is 54.0 Å². The predicted octanol–water partition coefficient (Wildman–Crippen LogP) is 2.37. The molecule has 1 N–H and O–H groups in total. The number of benzene rings is 1. The Hall–Kier alpha value is -2.54. The third-order valence-electron chi connectivity index (χ3n) is 2.91. The fraction of sp³-hybridized carbons (Fsp3) is 0.286. The Morgan fingerprint density at radius 2 is 1.37 bits per heavy atom. The van der Waals surface area contributed by atoms with E-state index in [4.69, 9.17) is 4.55 Å². The summed E-state index contributed by atoms with van der Waals surface area (Å²) < 4.78 is 100. The normalized spacial score (nSPS) is 12.4. The first kappa shape index (κ1) is 22.5. The van der Waals surface area contributed by atoms with Gasteiger partial charge >= 0.3 is 33.5 Å². The lowest BCUT2D eigenvalue weighted by Gasteiger charge is -2.12. The number of ether oxygens (including phenoxy) is 2. The first-order valence-corrected chi connectivity index (χ1v) is 8.13. The summed E-state index contributed by atoms with van der Waals surface area (Å²) in [5.74, 6) is -4.17. The summed E-state index contributed by atoms with van der Waals surface area (Å²) >= 11 is 0. The number of carbonyl (C=O) groups excluding carboxylic acids is 2. The van der Waals surface area contributed by atoms with Gasteiger partial charge in [-0.05, 0) is 11.1 Å². The summed E-state index contributed by atoms with van der Waals surface area (Å²) in [6.07, 6.45) is -4.94. The monoisotopic (exact) mass is 418 g/mol. The van der Waals surface area contributed by atoms with E-state index < -0.39 is 52.3 Å². The molecule has 13 heteroatoms. The molecule has 0 unspecified atom stereocenters. The van der Waals surface area contributed by atoms with E-state index in [1.54, 1.807) is 0 Å². The molecule has 1 aromatic carbocycles. The quantitative estimate of drug-likeness (QED) is 0.314. The van der Waals surface area contributed by atoms with Crippen LogP contribution in [0.15, 0.2) is 36.4 Å². The maximum atomic E-state index is 13.0. The van der Waals surface area contributed by atoms with Gasteiger partial charge in [0.1, 0.15) is 18.8 Å². The van der Waals surface area contributed by atoms with Crippen LogP contribution in [0.1, 0.15) is 11.1 Å². The Balaban J connectivity index is 2.61. The molecule has 0 atom stereocenters. The molecular formula is C14H11F5O7S. The van der Waals surface area contributed by atoms with Crippen LogP contribution < -0.4 is 0 Å². The Morgan fingerprint density at radius 3 is 1.74 bits per heavy atom. The van der Waals surface area contributed by atoms with Gasteiger partial charge in [-0.3, -0.25) is 4.55 Å². The lowest BCUT2D eigenvalue weighted by atomic mass is 10.1. The van der Waals surface area contributed by atoms with E-state index in [0.717, 1.165) is 0 Å². The number of alkyl halides is 5. The number of rotatable bonds is 7. The molecule has 0 radical (unpaired) electrons. The molecular weight excluding hydrogens is 407 g/mol. The van der Waals surface area contributed by atoms with Gasteiger partial charge in [0, 0.05) is 0 Å². The zero-order valence-electron chi connectivity index (χ0n) is 13.1. The van der Waals surface area contributed by atoms with Crippen molar-refractivity contribution in [3.63, 3.8) is 0 Å². The van der Waals surface area contributed by atoms with Crippen LogP contribution in [0.25, 0.3) is 0 Å². The van der Waals surface area contributed by atoms with Crippen molar-refractivity contribution in [2.45, 2.75) is 24.6 Å². The number of hydrogen-bond donors (Lipinski definition) is 1. The highest BCUT2D eigenvalue weighted by Gasteiger charge is 2.54. The topological polar surface area (TPSA) is 107 Å². The van der Waals surface area contributed by atoms with Crippen LogP contribution in [0, 0.1) is 0 Å². The van der Waals surface area contributed by atoms with Gasteiger partial charge in [-0.15, -0.1) is 0 Å². The van der Waals surface area contributed by atoms with E-state index in [-0.39, 0.29) is 11.1 Å². The van der Waals surface area contributed by atoms with Gasteiger partial charge in [0.15, 0.2) is 0 Å². The third-order valence-corrected chi connectivity index (χ3v) is 3.73. The second-order valence-electron chi connectivity index (χ2n) is 4.94. The average Bonchev–Trinajstić information content (AvgIpc) is 2.55. The number of halogens is 5. The minimum absolute atomic E-state index is 0.101. The molecule has 0 fully saturated rings. The fourth-order valence-electron chi connectivity index (χ4n) is 1.42. The van der Waals surface area contributed by atoms with Crippen LogP contribution in [0.4, 0.5) is 22.0 Å². The predicted molar refractivity (Wildman–Crippen MR) is 77.7 cm³/mol. The molecule has 1 aromatic rings. The van der Waals surface area contributed by atoms with Crippen LogP contribution in [0.2, 0.25) is 0 Å². The zero-order valence-corrected chi connectivity index (χ0v) is 13.9. The highest BCUT2D eigenvalue weighted by molar-refractivity contribution is 7.87. The van der Waals surface area contributed by atoms with E-state index in [1.807, 2.05) is 0 Å². The number of esters is 2. The molecule has 0 saturated carbocycles. The van der Waals surface area contributed by atoms with Crippen LogP contribution in [-0.4, -0.2) is 36.3 Å². The van der Waals surface area contributed by atoms with Crippen LogP contribution in [0.3, 0.4) is 0 Å². The third kappa shape index (κ3) is 5.99. The molecule has 0 spiro atoms. The molecule has 0 amide bonds. The van der Waals surface area contributed by atoms with Crippen molar-refractivity contribution >= 4 is 22.1 Å². The molecule has 150 valence electrons. The van der Waals surface area contributed by atoms with Gasteiger partial charge < -0.3 is 9.47 Å². The van der Waals surface area contributed by atoms with Gasteiger partial charge in [0.25, 0.3) is 0 Å². The molecule has 0 aromatic heterocycles. The first-order chi connectivity index (χ1) is 12.2. The minimum atomic E-state index is -5.99. The molecule has 0 aliphatic rings. The fourth-order valence-corrected chi connectivity index (χ4v) is 1.69. The first-order valence-electron chi connectivity index (χ1n) is 6.69. The minimum Gasteiger partial charge on any atom is -0.457 e. The zero-order chi connectivity index (χ0) is 21.0. The SMILES string of the molecule is C=C(C(=O)OCc1ccc(COC(=O)C(F)(F)S(=O)(=O)O)cc1)C(F)(F)F. The Labute approximate surface area is 149 Å². The highest BCUT2D eigenvalue weighted by Crippen LogP contribution is 2.25. The molecule has 7 nitrogen and oxygen atoms in total. The van der Waals surface area contributed by atoms with Gasteiger partial charge in [-0.1, -0.05) is 30.8 Å². The van der Waals surface area contributed by atoms with Crippen molar-refractivity contribution in [3.8, 4) is 0 Å². The van der Waals surface area contributed by atoms with Crippen LogP contribution >= 0.6 is 0 Å². The van der Waals surface area contributed by atoms with Crippen LogP contribution in [0.5, 0.6) is 0 Å². The highest BCUT2D eigenvalue weighted by atomic mass is 32.2. The summed E-state index contributed by atoms with van der Waals surface area (Å²) in [4.78, 5) is 22.1.